The lowest BCUT2D eigenvalue weighted by molar-refractivity contribution is 0.0273. The van der Waals surface area contributed by atoms with Crippen LogP contribution in [0.25, 0.3) is 0 Å². The fourth-order valence-corrected chi connectivity index (χ4v) is 1.18. The van der Waals surface area contributed by atoms with Crippen molar-refractivity contribution in [3.8, 4) is 0 Å². The molecule has 0 bridgehead atoms. The maximum absolute atomic E-state index is 10.5. The first-order valence-corrected chi connectivity index (χ1v) is 5.98. The van der Waals surface area contributed by atoms with E-state index in [4.69, 9.17) is 10.2 Å². The summed E-state index contributed by atoms with van der Waals surface area (Å²) in [5.41, 5.74) is 0. The van der Waals surface area contributed by atoms with E-state index in [2.05, 4.69) is 9.47 Å². The van der Waals surface area contributed by atoms with E-state index in [9.17, 15) is 4.79 Å². The van der Waals surface area contributed by atoms with Gasteiger partial charge in [-0.15, -0.1) is 0 Å². The van der Waals surface area contributed by atoms with Crippen LogP contribution in [0.15, 0.2) is 0 Å². The van der Waals surface area contributed by atoms with Crippen molar-refractivity contribution in [2.24, 2.45) is 0 Å². The van der Waals surface area contributed by atoms with Crippen LogP contribution in [-0.2, 0) is 9.47 Å². The van der Waals surface area contributed by atoms with Crippen LogP contribution >= 0.6 is 0 Å². The summed E-state index contributed by atoms with van der Waals surface area (Å²) in [6.45, 7) is 4.03. The second kappa shape index (κ2) is 11.2. The van der Waals surface area contributed by atoms with Crippen molar-refractivity contribution in [3.05, 3.63) is 0 Å². The maximum Gasteiger partial charge on any atom is 0.508 e. The molecule has 0 unspecified atom stereocenters. The van der Waals surface area contributed by atoms with E-state index in [1.807, 2.05) is 23.9 Å². The Morgan fingerprint density at radius 1 is 1.17 bits per heavy atom. The molecule has 2 N–H and O–H groups in total. The molecule has 0 aromatic rings. The predicted molar refractivity (Wildman–Crippen MR) is 66.5 cm³/mol. The third-order valence-corrected chi connectivity index (χ3v) is 2.35. The Bertz CT molecular complexity index is 198. The van der Waals surface area contributed by atoms with Crippen molar-refractivity contribution in [1.29, 1.82) is 0 Å². The van der Waals surface area contributed by atoms with Gasteiger partial charge in [0.2, 0.25) is 0 Å². The van der Waals surface area contributed by atoms with Crippen molar-refractivity contribution in [2.45, 2.75) is 0 Å². The van der Waals surface area contributed by atoms with E-state index < -0.39 is 6.16 Å². The second-order valence-corrected chi connectivity index (χ2v) is 4.00. The molecule has 1 aliphatic heterocycles. The molecule has 7 heteroatoms. The number of hydrogen-bond acceptors (Lipinski definition) is 7. The number of carbonyl (C=O) groups excluding carboxylic acids is 1. The summed E-state index contributed by atoms with van der Waals surface area (Å²) in [7, 11) is 3.81. The average Bonchev–Trinajstić information content (AvgIpc) is 2.28. The van der Waals surface area contributed by atoms with E-state index in [1.54, 1.807) is 0 Å². The van der Waals surface area contributed by atoms with Crippen molar-refractivity contribution < 1.29 is 24.5 Å². The third kappa shape index (κ3) is 10.3. The number of likely N-dealkylation sites (N-methyl/N-ethyl adjacent to an activating group) is 2. The lowest BCUT2D eigenvalue weighted by atomic mass is 10.5. The van der Waals surface area contributed by atoms with Crippen LogP contribution < -0.4 is 0 Å². The van der Waals surface area contributed by atoms with Crippen LogP contribution in [0, 0.1) is 0 Å². The van der Waals surface area contributed by atoms with Gasteiger partial charge in [0.05, 0.1) is 13.2 Å². The Balaban J connectivity index is 0.000000331. The lowest BCUT2D eigenvalue weighted by Crippen LogP contribution is -2.31. The van der Waals surface area contributed by atoms with Gasteiger partial charge in [0.1, 0.15) is 13.2 Å². The van der Waals surface area contributed by atoms with E-state index in [-0.39, 0.29) is 13.2 Å². The first-order valence-electron chi connectivity index (χ1n) is 5.98. The number of hydrogen-bond donors (Lipinski definition) is 2. The molecule has 7 nitrogen and oxygen atoms in total. The van der Waals surface area contributed by atoms with Gasteiger partial charge in [0, 0.05) is 26.2 Å². The molecule has 0 aromatic heterocycles. The minimum absolute atomic E-state index is 0.163. The Hall–Kier alpha value is -0.890. The van der Waals surface area contributed by atoms with Gasteiger partial charge in [-0.05, 0) is 14.1 Å². The molecule has 18 heavy (non-hydrogen) atoms. The summed E-state index contributed by atoms with van der Waals surface area (Å²) in [6, 6.07) is 0. The number of nitrogens with zero attached hydrogens (tertiary/aromatic N) is 2. The highest BCUT2D eigenvalue weighted by Crippen LogP contribution is 1.92. The molecule has 108 valence electrons. The molecule has 0 aliphatic carbocycles. The molecular weight excluding hydrogens is 240 g/mol. The molecular formula is C11H24N2O5. The number of rotatable bonds is 4. The standard InChI is InChI=1S/C6H11NO3.C5H13NO2/c1-7-2-4-9-6(8)10-5-3-7;1-6(2-4-7)3-5-8/h2-5H2,1H3;7-8H,2-5H2,1H3. The van der Waals surface area contributed by atoms with Crippen molar-refractivity contribution >= 4 is 6.16 Å². The summed E-state index contributed by atoms with van der Waals surface area (Å²) in [4.78, 5) is 14.4. The van der Waals surface area contributed by atoms with Crippen molar-refractivity contribution in [2.75, 3.05) is 66.7 Å². The third-order valence-electron chi connectivity index (χ3n) is 2.35. The first-order chi connectivity index (χ1) is 8.60. The molecule has 0 radical (unpaired) electrons. The van der Waals surface area contributed by atoms with Gasteiger partial charge in [-0.25, -0.2) is 4.79 Å². The monoisotopic (exact) mass is 264 g/mol. The van der Waals surface area contributed by atoms with Gasteiger partial charge in [-0.1, -0.05) is 0 Å². The molecule has 0 spiro atoms. The summed E-state index contributed by atoms with van der Waals surface area (Å²) >= 11 is 0. The summed E-state index contributed by atoms with van der Waals surface area (Å²) < 4.78 is 9.30. The molecule has 1 aliphatic rings. The number of ether oxygens (including phenoxy) is 2. The number of aliphatic hydroxyl groups excluding tert-OH is 2. The topological polar surface area (TPSA) is 82.5 Å². The van der Waals surface area contributed by atoms with Crippen LogP contribution in [0.1, 0.15) is 0 Å². The highest BCUT2D eigenvalue weighted by atomic mass is 16.7. The minimum Gasteiger partial charge on any atom is -0.433 e. The lowest BCUT2D eigenvalue weighted by Gasteiger charge is -2.19. The Morgan fingerprint density at radius 3 is 2.00 bits per heavy atom. The van der Waals surface area contributed by atoms with Crippen molar-refractivity contribution in [3.63, 3.8) is 0 Å². The Kier molecular flexibility index (Phi) is 10.7. The van der Waals surface area contributed by atoms with Gasteiger partial charge in [0.15, 0.2) is 0 Å². The van der Waals surface area contributed by atoms with Gasteiger partial charge in [-0.2, -0.15) is 0 Å². The van der Waals surface area contributed by atoms with Crippen LogP contribution in [0.3, 0.4) is 0 Å². The minimum atomic E-state index is -0.548. The number of carbonyl (C=O) groups is 1. The Morgan fingerprint density at radius 2 is 1.61 bits per heavy atom. The van der Waals surface area contributed by atoms with Crippen molar-refractivity contribution in [1.82, 2.24) is 9.80 Å². The zero-order chi connectivity index (χ0) is 13.8. The fraction of sp³-hybridized carbons (Fsp3) is 0.909. The quantitative estimate of drug-likeness (QED) is 0.629. The fourth-order valence-electron chi connectivity index (χ4n) is 1.18. The maximum atomic E-state index is 10.5. The van der Waals surface area contributed by atoms with E-state index in [0.717, 1.165) is 13.1 Å². The van der Waals surface area contributed by atoms with E-state index in [1.165, 1.54) is 0 Å². The SMILES string of the molecule is CN(CCO)CCO.CN1CCOC(=O)OCC1. The summed E-state index contributed by atoms with van der Waals surface area (Å²) in [5, 5.41) is 16.7. The average molecular weight is 264 g/mol. The predicted octanol–water partition coefficient (Wildman–Crippen LogP) is -1.01. The summed E-state index contributed by atoms with van der Waals surface area (Å²) in [6.07, 6.45) is -0.548. The molecule has 0 amide bonds. The van der Waals surface area contributed by atoms with Gasteiger partial charge in [-0.3, -0.25) is 4.90 Å². The first kappa shape index (κ1) is 17.1. The van der Waals surface area contributed by atoms with E-state index >= 15 is 0 Å². The van der Waals surface area contributed by atoms with Gasteiger partial charge in [0.25, 0.3) is 0 Å². The molecule has 0 aromatic carbocycles. The largest absolute Gasteiger partial charge is 0.508 e. The summed E-state index contributed by atoms with van der Waals surface area (Å²) in [5.74, 6) is 0. The van der Waals surface area contributed by atoms with Crippen LogP contribution in [0.2, 0.25) is 0 Å². The van der Waals surface area contributed by atoms with E-state index in [0.29, 0.717) is 26.3 Å². The normalized spacial score (nSPS) is 17.1. The van der Waals surface area contributed by atoms with Gasteiger partial charge < -0.3 is 24.6 Å². The number of cyclic esters (lactones) is 2. The highest BCUT2D eigenvalue weighted by molar-refractivity contribution is 5.59. The molecule has 0 atom stereocenters. The number of aliphatic hydroxyl groups is 2. The smallest absolute Gasteiger partial charge is 0.433 e. The zero-order valence-electron chi connectivity index (χ0n) is 11.2. The molecule has 1 heterocycles. The highest BCUT2D eigenvalue weighted by Gasteiger charge is 2.09. The van der Waals surface area contributed by atoms with Crippen LogP contribution in [0.5, 0.6) is 0 Å². The molecule has 1 saturated heterocycles. The second-order valence-electron chi connectivity index (χ2n) is 4.00. The molecule has 1 rings (SSSR count). The van der Waals surface area contributed by atoms with Crippen LogP contribution in [-0.4, -0.2) is 92.9 Å². The molecule has 0 saturated carbocycles. The Labute approximate surface area is 108 Å². The van der Waals surface area contributed by atoms with Gasteiger partial charge >= 0.3 is 6.16 Å². The van der Waals surface area contributed by atoms with Crippen LogP contribution in [0.4, 0.5) is 4.79 Å². The molecule has 1 fully saturated rings. The zero-order valence-corrected chi connectivity index (χ0v) is 11.2.